The number of carbonyl (C=O) groups excluding carboxylic acids is 1. The number of hydrogen-bond donors (Lipinski definition) is 2. The molecule has 1 amide bonds. The zero-order chi connectivity index (χ0) is 14.6. The van der Waals surface area contributed by atoms with E-state index in [1.807, 2.05) is 24.3 Å². The fraction of sp³-hybridized carbons (Fsp3) is 0.533. The van der Waals surface area contributed by atoms with Gasteiger partial charge in [-0.2, -0.15) is 0 Å². The number of rotatable bonds is 5. The van der Waals surface area contributed by atoms with Crippen molar-refractivity contribution in [3.8, 4) is 0 Å². The zero-order valence-electron chi connectivity index (χ0n) is 11.7. The van der Waals surface area contributed by atoms with Crippen LogP contribution in [0.2, 0.25) is 0 Å². The van der Waals surface area contributed by atoms with Gasteiger partial charge in [0.1, 0.15) is 5.54 Å². The molecule has 0 saturated carbocycles. The van der Waals surface area contributed by atoms with Crippen LogP contribution < -0.4 is 11.1 Å². The van der Waals surface area contributed by atoms with Gasteiger partial charge >= 0.3 is 0 Å². The van der Waals surface area contributed by atoms with E-state index < -0.39 is 5.54 Å². The first-order chi connectivity index (χ1) is 9.55. The molecule has 1 fully saturated rings. The van der Waals surface area contributed by atoms with Crippen LogP contribution in [0.5, 0.6) is 0 Å². The third-order valence-corrected chi connectivity index (χ3v) is 4.30. The van der Waals surface area contributed by atoms with Crippen LogP contribution in [-0.4, -0.2) is 24.2 Å². The van der Waals surface area contributed by atoms with E-state index in [4.69, 9.17) is 10.5 Å². The van der Waals surface area contributed by atoms with E-state index in [1.165, 1.54) is 0 Å². The molecular weight excluding hydrogens is 320 g/mol. The number of anilines is 1. The van der Waals surface area contributed by atoms with Crippen LogP contribution in [0, 0.1) is 0 Å². The molecule has 0 spiro atoms. The lowest BCUT2D eigenvalue weighted by atomic mass is 9.84. The Labute approximate surface area is 128 Å². The van der Waals surface area contributed by atoms with Crippen molar-refractivity contribution in [3.63, 3.8) is 0 Å². The topological polar surface area (TPSA) is 64.3 Å². The van der Waals surface area contributed by atoms with Gasteiger partial charge in [-0.1, -0.05) is 29.3 Å². The molecule has 5 heteroatoms. The van der Waals surface area contributed by atoms with Gasteiger partial charge in [-0.3, -0.25) is 4.79 Å². The van der Waals surface area contributed by atoms with Crippen LogP contribution >= 0.6 is 15.9 Å². The van der Waals surface area contributed by atoms with Gasteiger partial charge in [-0.25, -0.2) is 0 Å². The van der Waals surface area contributed by atoms with Crippen molar-refractivity contribution in [1.82, 2.24) is 0 Å². The summed E-state index contributed by atoms with van der Waals surface area (Å²) >= 11 is 3.40. The number of primary amides is 1. The highest BCUT2D eigenvalue weighted by Crippen LogP contribution is 2.31. The Morgan fingerprint density at radius 1 is 1.50 bits per heavy atom. The first kappa shape index (κ1) is 15.3. The summed E-state index contributed by atoms with van der Waals surface area (Å²) in [7, 11) is 0. The molecule has 20 heavy (non-hydrogen) atoms. The smallest absolute Gasteiger partial charge is 0.243 e. The van der Waals surface area contributed by atoms with Gasteiger partial charge in [0.05, 0.1) is 6.10 Å². The summed E-state index contributed by atoms with van der Waals surface area (Å²) < 4.78 is 6.73. The van der Waals surface area contributed by atoms with E-state index >= 15 is 0 Å². The third-order valence-electron chi connectivity index (χ3n) is 3.77. The predicted molar refractivity (Wildman–Crippen MR) is 83.6 cm³/mol. The molecule has 1 aromatic carbocycles. The van der Waals surface area contributed by atoms with Gasteiger partial charge in [0.2, 0.25) is 5.91 Å². The molecule has 1 aliphatic heterocycles. The Kier molecular flexibility index (Phi) is 5.05. The molecule has 1 heterocycles. The highest BCUT2D eigenvalue weighted by Gasteiger charge is 2.41. The van der Waals surface area contributed by atoms with Crippen LogP contribution in [0.15, 0.2) is 28.7 Å². The van der Waals surface area contributed by atoms with Crippen molar-refractivity contribution in [2.24, 2.45) is 5.73 Å². The number of benzene rings is 1. The molecule has 1 aliphatic rings. The lowest BCUT2D eigenvalue weighted by Gasteiger charge is -2.39. The summed E-state index contributed by atoms with van der Waals surface area (Å²) in [6.07, 6.45) is 3.34. The molecule has 1 saturated heterocycles. The number of amides is 1. The number of halogens is 1. The monoisotopic (exact) mass is 340 g/mol. The summed E-state index contributed by atoms with van der Waals surface area (Å²) in [4.78, 5) is 12.0. The predicted octanol–water partition coefficient (Wildman–Crippen LogP) is 3.06. The molecular formula is C15H21BrN2O2. The average Bonchev–Trinajstić information content (AvgIpc) is 2.42. The fourth-order valence-electron chi connectivity index (χ4n) is 2.67. The van der Waals surface area contributed by atoms with Crippen molar-refractivity contribution >= 4 is 27.5 Å². The maximum absolute atomic E-state index is 12.0. The Morgan fingerprint density at radius 2 is 2.20 bits per heavy atom. The largest absolute Gasteiger partial charge is 0.378 e. The molecule has 0 aliphatic carbocycles. The van der Waals surface area contributed by atoms with Gasteiger partial charge in [-0.15, -0.1) is 0 Å². The summed E-state index contributed by atoms with van der Waals surface area (Å²) in [6.45, 7) is 2.68. The summed E-state index contributed by atoms with van der Waals surface area (Å²) in [5.74, 6) is -0.301. The Bertz CT molecular complexity index is 461. The third kappa shape index (κ3) is 3.52. The maximum atomic E-state index is 12.0. The van der Waals surface area contributed by atoms with Crippen molar-refractivity contribution in [2.75, 3.05) is 11.9 Å². The SMILES string of the molecule is CCCC1CC(Nc2ccc(Br)cc2)(C(N)=O)CCO1. The molecule has 2 rings (SSSR count). The number of hydrogen-bond acceptors (Lipinski definition) is 3. The first-order valence-corrected chi connectivity index (χ1v) is 7.80. The molecule has 4 nitrogen and oxygen atoms in total. The minimum Gasteiger partial charge on any atom is -0.378 e. The molecule has 1 aromatic rings. The van der Waals surface area contributed by atoms with E-state index in [2.05, 4.69) is 28.2 Å². The van der Waals surface area contributed by atoms with Crippen molar-refractivity contribution in [2.45, 2.75) is 44.2 Å². The molecule has 110 valence electrons. The second-order valence-corrected chi connectivity index (χ2v) is 6.23. The van der Waals surface area contributed by atoms with E-state index in [0.29, 0.717) is 19.4 Å². The standard InChI is InChI=1S/C15H21BrN2O2/c1-2-3-13-10-15(14(17)19,8-9-20-13)18-12-6-4-11(16)5-7-12/h4-7,13,18H,2-3,8-10H2,1H3,(H2,17,19). The Balaban J connectivity index is 2.16. The van der Waals surface area contributed by atoms with Crippen LogP contribution in [-0.2, 0) is 9.53 Å². The van der Waals surface area contributed by atoms with Crippen molar-refractivity contribution in [1.29, 1.82) is 0 Å². The lowest BCUT2D eigenvalue weighted by Crippen LogP contribution is -2.56. The van der Waals surface area contributed by atoms with E-state index in [1.54, 1.807) is 0 Å². The molecule has 0 radical (unpaired) electrons. The van der Waals surface area contributed by atoms with E-state index in [0.717, 1.165) is 23.0 Å². The highest BCUT2D eigenvalue weighted by molar-refractivity contribution is 9.10. The molecule has 2 atom stereocenters. The Morgan fingerprint density at radius 3 is 2.80 bits per heavy atom. The lowest BCUT2D eigenvalue weighted by molar-refractivity contribution is -0.127. The first-order valence-electron chi connectivity index (χ1n) is 7.01. The second-order valence-electron chi connectivity index (χ2n) is 5.31. The average molecular weight is 341 g/mol. The van der Waals surface area contributed by atoms with Crippen LogP contribution in [0.3, 0.4) is 0 Å². The molecule has 0 bridgehead atoms. The van der Waals surface area contributed by atoms with Gasteiger partial charge in [0.25, 0.3) is 0 Å². The quantitative estimate of drug-likeness (QED) is 0.865. The van der Waals surface area contributed by atoms with Gasteiger partial charge in [0, 0.05) is 29.6 Å². The van der Waals surface area contributed by atoms with Gasteiger partial charge < -0.3 is 15.8 Å². The number of carbonyl (C=O) groups is 1. The van der Waals surface area contributed by atoms with Gasteiger partial charge in [0.15, 0.2) is 0 Å². The van der Waals surface area contributed by atoms with Crippen LogP contribution in [0.4, 0.5) is 5.69 Å². The van der Waals surface area contributed by atoms with E-state index in [-0.39, 0.29) is 12.0 Å². The Hall–Kier alpha value is -1.07. The number of nitrogens with two attached hydrogens (primary N) is 1. The molecule has 3 N–H and O–H groups in total. The molecule has 0 aromatic heterocycles. The van der Waals surface area contributed by atoms with Crippen molar-refractivity contribution in [3.05, 3.63) is 28.7 Å². The summed E-state index contributed by atoms with van der Waals surface area (Å²) in [6, 6.07) is 7.78. The second kappa shape index (κ2) is 6.59. The molecule has 2 unspecified atom stereocenters. The minimum absolute atomic E-state index is 0.101. The van der Waals surface area contributed by atoms with Crippen LogP contribution in [0.1, 0.15) is 32.6 Å². The van der Waals surface area contributed by atoms with Gasteiger partial charge in [-0.05, 0) is 30.7 Å². The minimum atomic E-state index is -0.702. The van der Waals surface area contributed by atoms with E-state index in [9.17, 15) is 4.79 Å². The fourth-order valence-corrected chi connectivity index (χ4v) is 2.93. The summed E-state index contributed by atoms with van der Waals surface area (Å²) in [5.41, 5.74) is 5.88. The highest BCUT2D eigenvalue weighted by atomic mass is 79.9. The van der Waals surface area contributed by atoms with Crippen molar-refractivity contribution < 1.29 is 9.53 Å². The number of ether oxygens (including phenoxy) is 1. The zero-order valence-corrected chi connectivity index (χ0v) is 13.3. The normalized spacial score (nSPS) is 26.2. The summed E-state index contributed by atoms with van der Waals surface area (Å²) in [5, 5.41) is 3.33. The maximum Gasteiger partial charge on any atom is 0.243 e. The number of nitrogens with one attached hydrogen (secondary N) is 1. The van der Waals surface area contributed by atoms with Crippen LogP contribution in [0.25, 0.3) is 0 Å².